The molecule has 0 aliphatic carbocycles. The highest BCUT2D eigenvalue weighted by Gasteiger charge is 2.08. The Morgan fingerprint density at radius 2 is 2.13 bits per heavy atom. The van der Waals surface area contributed by atoms with Crippen molar-refractivity contribution in [2.75, 3.05) is 0 Å². The SMILES string of the molecule is Cc1cc(OC(C)C)c(CC=O)cc1Cl. The summed E-state index contributed by atoms with van der Waals surface area (Å²) in [7, 11) is 0. The summed E-state index contributed by atoms with van der Waals surface area (Å²) in [6.45, 7) is 5.82. The first-order chi connectivity index (χ1) is 7.04. The number of halogens is 1. The molecule has 15 heavy (non-hydrogen) atoms. The van der Waals surface area contributed by atoms with E-state index in [0.717, 1.165) is 23.2 Å². The van der Waals surface area contributed by atoms with Gasteiger partial charge in [-0.1, -0.05) is 11.6 Å². The predicted molar refractivity (Wildman–Crippen MR) is 61.7 cm³/mol. The van der Waals surface area contributed by atoms with Crippen molar-refractivity contribution in [3.8, 4) is 5.75 Å². The van der Waals surface area contributed by atoms with Gasteiger partial charge in [0.1, 0.15) is 12.0 Å². The summed E-state index contributed by atoms with van der Waals surface area (Å²) < 4.78 is 5.62. The Balaban J connectivity index is 3.09. The van der Waals surface area contributed by atoms with Gasteiger partial charge < -0.3 is 9.53 Å². The van der Waals surface area contributed by atoms with Gasteiger partial charge in [-0.25, -0.2) is 0 Å². The zero-order valence-electron chi connectivity index (χ0n) is 9.21. The second-order valence-electron chi connectivity index (χ2n) is 3.75. The summed E-state index contributed by atoms with van der Waals surface area (Å²) in [6, 6.07) is 3.67. The molecule has 1 aromatic carbocycles. The molecule has 2 nitrogen and oxygen atoms in total. The van der Waals surface area contributed by atoms with Gasteiger partial charge in [-0.3, -0.25) is 0 Å². The van der Waals surface area contributed by atoms with Crippen molar-refractivity contribution in [3.63, 3.8) is 0 Å². The lowest BCUT2D eigenvalue weighted by molar-refractivity contribution is -0.107. The molecule has 0 bridgehead atoms. The summed E-state index contributed by atoms with van der Waals surface area (Å²) >= 11 is 5.99. The van der Waals surface area contributed by atoms with E-state index in [0.29, 0.717) is 11.4 Å². The van der Waals surface area contributed by atoms with Crippen LogP contribution < -0.4 is 4.74 Å². The summed E-state index contributed by atoms with van der Waals surface area (Å²) in [5, 5.41) is 0.669. The normalized spacial score (nSPS) is 10.5. The number of carbonyl (C=O) groups is 1. The molecule has 1 aromatic rings. The molecule has 1 rings (SSSR count). The number of aryl methyl sites for hydroxylation is 1. The second kappa shape index (κ2) is 5.17. The van der Waals surface area contributed by atoms with Crippen molar-refractivity contribution in [2.45, 2.75) is 33.3 Å². The number of benzene rings is 1. The van der Waals surface area contributed by atoms with Gasteiger partial charge >= 0.3 is 0 Å². The number of aldehydes is 1. The highest BCUT2D eigenvalue weighted by molar-refractivity contribution is 6.31. The highest BCUT2D eigenvalue weighted by atomic mass is 35.5. The summed E-state index contributed by atoms with van der Waals surface area (Å²) in [5.41, 5.74) is 1.80. The largest absolute Gasteiger partial charge is 0.491 e. The molecule has 0 saturated heterocycles. The van der Waals surface area contributed by atoms with Crippen molar-refractivity contribution in [3.05, 3.63) is 28.3 Å². The lowest BCUT2D eigenvalue weighted by Crippen LogP contribution is -2.08. The van der Waals surface area contributed by atoms with E-state index in [9.17, 15) is 4.79 Å². The quantitative estimate of drug-likeness (QED) is 0.738. The van der Waals surface area contributed by atoms with E-state index >= 15 is 0 Å². The van der Waals surface area contributed by atoms with E-state index in [1.807, 2.05) is 26.8 Å². The van der Waals surface area contributed by atoms with Crippen LogP contribution in [0.15, 0.2) is 12.1 Å². The Labute approximate surface area is 95.2 Å². The Bertz CT molecular complexity index is 359. The molecule has 0 radical (unpaired) electrons. The van der Waals surface area contributed by atoms with E-state index < -0.39 is 0 Å². The van der Waals surface area contributed by atoms with Gasteiger partial charge in [0, 0.05) is 17.0 Å². The Morgan fingerprint density at radius 3 is 2.67 bits per heavy atom. The maximum atomic E-state index is 10.5. The molecule has 0 aromatic heterocycles. The molecule has 0 amide bonds. The molecule has 0 unspecified atom stereocenters. The maximum Gasteiger partial charge on any atom is 0.124 e. The summed E-state index contributed by atoms with van der Waals surface area (Å²) in [5.74, 6) is 0.749. The van der Waals surface area contributed by atoms with Gasteiger partial charge in [-0.15, -0.1) is 0 Å². The van der Waals surface area contributed by atoms with E-state index in [1.165, 1.54) is 0 Å². The first-order valence-electron chi connectivity index (χ1n) is 4.94. The molecular weight excluding hydrogens is 212 g/mol. The summed E-state index contributed by atoms with van der Waals surface area (Å²) in [6.07, 6.45) is 1.28. The second-order valence-corrected chi connectivity index (χ2v) is 4.15. The van der Waals surface area contributed by atoms with Gasteiger partial charge in [0.15, 0.2) is 0 Å². The minimum Gasteiger partial charge on any atom is -0.491 e. The molecule has 0 atom stereocenters. The molecule has 3 heteroatoms. The van der Waals surface area contributed by atoms with Crippen LogP contribution in [0, 0.1) is 6.92 Å². The van der Waals surface area contributed by atoms with Crippen LogP contribution in [0.1, 0.15) is 25.0 Å². The Kier molecular flexibility index (Phi) is 4.15. The molecule has 0 spiro atoms. The van der Waals surface area contributed by atoms with E-state index in [1.54, 1.807) is 6.07 Å². The van der Waals surface area contributed by atoms with Crippen LogP contribution in [-0.2, 0) is 11.2 Å². The third-order valence-electron chi connectivity index (χ3n) is 2.01. The first-order valence-corrected chi connectivity index (χ1v) is 5.31. The zero-order valence-corrected chi connectivity index (χ0v) is 9.97. The van der Waals surface area contributed by atoms with E-state index in [-0.39, 0.29) is 6.10 Å². The molecule has 0 saturated carbocycles. The standard InChI is InChI=1S/C12H15ClO2/c1-8(2)15-12-6-9(3)11(13)7-10(12)4-5-14/h5-8H,4H2,1-3H3. The molecule has 0 aliphatic rings. The number of carbonyl (C=O) groups excluding carboxylic acids is 1. The third-order valence-corrected chi connectivity index (χ3v) is 2.41. The Morgan fingerprint density at radius 1 is 1.47 bits per heavy atom. The fraction of sp³-hybridized carbons (Fsp3) is 0.417. The first kappa shape index (κ1) is 12.1. The van der Waals surface area contributed by atoms with Crippen molar-refractivity contribution in [2.24, 2.45) is 0 Å². The smallest absolute Gasteiger partial charge is 0.124 e. The van der Waals surface area contributed by atoms with Crippen molar-refractivity contribution >= 4 is 17.9 Å². The van der Waals surface area contributed by atoms with Crippen LogP contribution in [-0.4, -0.2) is 12.4 Å². The molecule has 0 fully saturated rings. The average Bonchev–Trinajstić information content (AvgIpc) is 2.13. The monoisotopic (exact) mass is 226 g/mol. The number of hydrogen-bond acceptors (Lipinski definition) is 2. The maximum absolute atomic E-state index is 10.5. The molecule has 82 valence electrons. The minimum absolute atomic E-state index is 0.0935. The van der Waals surface area contributed by atoms with Crippen LogP contribution >= 0.6 is 11.6 Å². The average molecular weight is 227 g/mol. The number of rotatable bonds is 4. The molecule has 0 heterocycles. The summed E-state index contributed by atoms with van der Waals surface area (Å²) in [4.78, 5) is 10.5. The number of hydrogen-bond donors (Lipinski definition) is 0. The van der Waals surface area contributed by atoms with Crippen molar-refractivity contribution < 1.29 is 9.53 Å². The Hall–Kier alpha value is -1.02. The van der Waals surface area contributed by atoms with E-state index in [4.69, 9.17) is 16.3 Å². The lowest BCUT2D eigenvalue weighted by atomic mass is 10.1. The van der Waals surface area contributed by atoms with Crippen LogP contribution in [0.3, 0.4) is 0 Å². The molecule has 0 aliphatic heterocycles. The van der Waals surface area contributed by atoms with Crippen LogP contribution in [0.5, 0.6) is 5.75 Å². The van der Waals surface area contributed by atoms with E-state index in [2.05, 4.69) is 0 Å². The predicted octanol–water partition coefficient (Wildman–Crippen LogP) is 3.18. The number of ether oxygens (including phenoxy) is 1. The molecule has 0 N–H and O–H groups in total. The molecular formula is C12H15ClO2. The fourth-order valence-electron chi connectivity index (χ4n) is 1.31. The van der Waals surface area contributed by atoms with Gasteiger partial charge in [0.05, 0.1) is 6.10 Å². The van der Waals surface area contributed by atoms with Crippen molar-refractivity contribution in [1.82, 2.24) is 0 Å². The lowest BCUT2D eigenvalue weighted by Gasteiger charge is -2.14. The van der Waals surface area contributed by atoms with Crippen molar-refractivity contribution in [1.29, 1.82) is 0 Å². The van der Waals surface area contributed by atoms with Crippen LogP contribution in [0.2, 0.25) is 5.02 Å². The minimum atomic E-state index is 0.0935. The van der Waals surface area contributed by atoms with Gasteiger partial charge in [-0.2, -0.15) is 0 Å². The van der Waals surface area contributed by atoms with Gasteiger partial charge in [-0.05, 0) is 38.5 Å². The third kappa shape index (κ3) is 3.24. The topological polar surface area (TPSA) is 26.3 Å². The van der Waals surface area contributed by atoms with Gasteiger partial charge in [0.25, 0.3) is 0 Å². The van der Waals surface area contributed by atoms with Crippen LogP contribution in [0.25, 0.3) is 0 Å². The fourth-order valence-corrected chi connectivity index (χ4v) is 1.50. The highest BCUT2D eigenvalue weighted by Crippen LogP contribution is 2.27. The zero-order chi connectivity index (χ0) is 11.4. The van der Waals surface area contributed by atoms with Crippen LogP contribution in [0.4, 0.5) is 0 Å². The van der Waals surface area contributed by atoms with Gasteiger partial charge in [0.2, 0.25) is 0 Å².